The van der Waals surface area contributed by atoms with Gasteiger partial charge in [-0.3, -0.25) is 14.5 Å². The van der Waals surface area contributed by atoms with E-state index in [9.17, 15) is 9.59 Å². The number of rotatable bonds is 3. The van der Waals surface area contributed by atoms with Crippen LogP contribution in [0.4, 0.5) is 0 Å². The smallest absolute Gasteiger partial charge is 0.261 e. The second kappa shape index (κ2) is 4.69. The molecule has 3 nitrogen and oxygen atoms in total. The van der Waals surface area contributed by atoms with Gasteiger partial charge in [-0.25, -0.2) is 0 Å². The summed E-state index contributed by atoms with van der Waals surface area (Å²) in [5.41, 5.74) is 2.03. The minimum absolute atomic E-state index is 0.239. The molecule has 0 atom stereocenters. The molecule has 2 amide bonds. The molecule has 93 valence electrons. The van der Waals surface area contributed by atoms with Crippen molar-refractivity contribution in [1.29, 1.82) is 0 Å². The molecule has 2 aromatic carbocycles. The number of amides is 2. The van der Waals surface area contributed by atoms with E-state index in [0.29, 0.717) is 17.5 Å². The predicted octanol–water partition coefficient (Wildman–Crippen LogP) is 2.69. The van der Waals surface area contributed by atoms with E-state index in [4.69, 9.17) is 0 Å². The molecule has 2 aromatic rings. The quantitative estimate of drug-likeness (QED) is 0.785. The molecule has 19 heavy (non-hydrogen) atoms. The Labute approximate surface area is 111 Å². The molecule has 0 aliphatic carbocycles. The monoisotopic (exact) mass is 250 g/mol. The Balaban J connectivity index is 1.78. The van der Waals surface area contributed by atoms with Gasteiger partial charge >= 0.3 is 0 Å². The fourth-order valence-electron chi connectivity index (χ4n) is 2.18. The molecule has 0 saturated carbocycles. The maximum atomic E-state index is 12.1. The molecule has 0 N–H and O–H groups in total. The fourth-order valence-corrected chi connectivity index (χ4v) is 2.18. The highest BCUT2D eigenvalue weighted by atomic mass is 16.2. The lowest BCUT2D eigenvalue weighted by Gasteiger charge is -2.12. The number of fused-ring (bicyclic) bond motifs is 1. The van der Waals surface area contributed by atoms with Gasteiger partial charge in [0.15, 0.2) is 0 Å². The third-order valence-corrected chi connectivity index (χ3v) is 3.18. The van der Waals surface area contributed by atoms with Crippen LogP contribution in [-0.4, -0.2) is 16.7 Å². The Morgan fingerprint density at radius 3 is 1.89 bits per heavy atom. The molecule has 0 bridgehead atoms. The molecule has 3 heteroatoms. The highest BCUT2D eigenvalue weighted by Gasteiger charge is 2.34. The van der Waals surface area contributed by atoms with Crippen molar-refractivity contribution >= 4 is 11.8 Å². The predicted molar refractivity (Wildman–Crippen MR) is 71.4 cm³/mol. The summed E-state index contributed by atoms with van der Waals surface area (Å²) >= 11 is 0. The van der Waals surface area contributed by atoms with Gasteiger partial charge in [-0.05, 0) is 24.1 Å². The second-order valence-corrected chi connectivity index (χ2v) is 4.40. The number of nitrogens with zero attached hydrogens (tertiary/aromatic N) is 1. The number of hydrogen-bond acceptors (Lipinski definition) is 2. The van der Waals surface area contributed by atoms with Gasteiger partial charge in [0, 0.05) is 0 Å². The van der Waals surface area contributed by atoms with Crippen LogP contribution in [0.3, 0.4) is 0 Å². The molecular formula is C16H12NO2. The molecule has 1 aliphatic heterocycles. The number of hydrogen-bond donors (Lipinski definition) is 0. The summed E-state index contributed by atoms with van der Waals surface area (Å²) in [6.07, 6.45) is 0.562. The van der Waals surface area contributed by atoms with Gasteiger partial charge in [0.1, 0.15) is 0 Å². The lowest BCUT2D eigenvalue weighted by atomic mass is 10.1. The zero-order valence-electron chi connectivity index (χ0n) is 10.2. The molecule has 0 fully saturated rings. The fraction of sp³-hybridized carbons (Fsp3) is 0.0625. The zero-order valence-corrected chi connectivity index (χ0v) is 10.2. The van der Waals surface area contributed by atoms with Crippen LogP contribution in [0.5, 0.6) is 0 Å². The van der Waals surface area contributed by atoms with Crippen molar-refractivity contribution in [3.63, 3.8) is 0 Å². The average Bonchev–Trinajstić information content (AvgIpc) is 2.71. The van der Waals surface area contributed by atoms with E-state index in [0.717, 1.165) is 5.56 Å². The van der Waals surface area contributed by atoms with Gasteiger partial charge in [0.25, 0.3) is 11.8 Å². The van der Waals surface area contributed by atoms with Gasteiger partial charge < -0.3 is 0 Å². The van der Waals surface area contributed by atoms with Crippen LogP contribution in [0.25, 0.3) is 0 Å². The number of imide groups is 1. The van der Waals surface area contributed by atoms with Crippen LogP contribution in [0, 0.1) is 6.54 Å². The van der Waals surface area contributed by atoms with Gasteiger partial charge in [-0.1, -0.05) is 42.5 Å². The van der Waals surface area contributed by atoms with Gasteiger partial charge in [-0.15, -0.1) is 0 Å². The van der Waals surface area contributed by atoms with Crippen LogP contribution in [-0.2, 0) is 6.42 Å². The summed E-state index contributed by atoms with van der Waals surface area (Å²) in [6.45, 7) is 1.65. The molecular weight excluding hydrogens is 238 g/mol. The van der Waals surface area contributed by atoms with Crippen molar-refractivity contribution in [2.24, 2.45) is 0 Å². The Kier molecular flexibility index (Phi) is 2.88. The van der Waals surface area contributed by atoms with Crippen molar-refractivity contribution in [2.75, 3.05) is 0 Å². The van der Waals surface area contributed by atoms with E-state index >= 15 is 0 Å². The van der Waals surface area contributed by atoms with E-state index in [1.807, 2.05) is 30.3 Å². The Morgan fingerprint density at radius 1 is 0.789 bits per heavy atom. The SMILES string of the molecule is O=C1c2ccccc2C(=O)N1[CH]Cc1ccccc1. The highest BCUT2D eigenvalue weighted by Crippen LogP contribution is 2.24. The van der Waals surface area contributed by atoms with E-state index in [2.05, 4.69) is 0 Å². The van der Waals surface area contributed by atoms with E-state index in [1.165, 1.54) is 4.90 Å². The van der Waals surface area contributed by atoms with Crippen LogP contribution in [0.2, 0.25) is 0 Å². The number of carbonyl (C=O) groups excluding carboxylic acids is 2. The first kappa shape index (κ1) is 11.7. The first-order valence-corrected chi connectivity index (χ1v) is 6.11. The Hall–Kier alpha value is -2.42. The molecule has 0 unspecified atom stereocenters. The number of benzene rings is 2. The van der Waals surface area contributed by atoms with Gasteiger partial charge in [-0.2, -0.15) is 0 Å². The maximum Gasteiger partial charge on any atom is 0.261 e. The van der Waals surface area contributed by atoms with E-state index in [1.54, 1.807) is 30.8 Å². The average molecular weight is 250 g/mol. The normalized spacial score (nSPS) is 13.8. The summed E-state index contributed by atoms with van der Waals surface area (Å²) in [6, 6.07) is 16.7. The minimum Gasteiger partial charge on any atom is -0.269 e. The van der Waals surface area contributed by atoms with Crippen molar-refractivity contribution in [2.45, 2.75) is 6.42 Å². The molecule has 1 radical (unpaired) electrons. The summed E-state index contributed by atoms with van der Waals surface area (Å²) in [5, 5.41) is 0. The van der Waals surface area contributed by atoms with Crippen molar-refractivity contribution in [3.05, 3.63) is 77.8 Å². The van der Waals surface area contributed by atoms with Crippen LogP contribution in [0.15, 0.2) is 54.6 Å². The minimum atomic E-state index is -0.239. The van der Waals surface area contributed by atoms with Crippen molar-refractivity contribution in [1.82, 2.24) is 4.90 Å². The molecule has 1 heterocycles. The van der Waals surface area contributed by atoms with Crippen molar-refractivity contribution < 1.29 is 9.59 Å². The zero-order chi connectivity index (χ0) is 13.2. The third-order valence-electron chi connectivity index (χ3n) is 3.18. The lowest BCUT2D eigenvalue weighted by molar-refractivity contribution is 0.0694. The second-order valence-electron chi connectivity index (χ2n) is 4.40. The highest BCUT2D eigenvalue weighted by molar-refractivity contribution is 6.21. The van der Waals surface area contributed by atoms with Crippen molar-refractivity contribution in [3.8, 4) is 0 Å². The van der Waals surface area contributed by atoms with Crippen LogP contribution >= 0.6 is 0 Å². The first-order chi connectivity index (χ1) is 9.27. The van der Waals surface area contributed by atoms with Crippen LogP contribution in [0.1, 0.15) is 26.3 Å². The Bertz CT molecular complexity index is 599. The van der Waals surface area contributed by atoms with Gasteiger partial charge in [0.2, 0.25) is 0 Å². The summed E-state index contributed by atoms with van der Waals surface area (Å²) in [4.78, 5) is 25.4. The summed E-state index contributed by atoms with van der Waals surface area (Å²) in [7, 11) is 0. The topological polar surface area (TPSA) is 37.4 Å². The largest absolute Gasteiger partial charge is 0.269 e. The molecule has 0 aromatic heterocycles. The Morgan fingerprint density at radius 2 is 1.32 bits per heavy atom. The molecule has 1 aliphatic rings. The van der Waals surface area contributed by atoms with Crippen LogP contribution < -0.4 is 0 Å². The summed E-state index contributed by atoms with van der Waals surface area (Å²) < 4.78 is 0. The first-order valence-electron chi connectivity index (χ1n) is 6.11. The maximum absolute atomic E-state index is 12.1. The van der Waals surface area contributed by atoms with E-state index < -0.39 is 0 Å². The number of carbonyl (C=O) groups is 2. The van der Waals surface area contributed by atoms with E-state index in [-0.39, 0.29) is 11.8 Å². The van der Waals surface area contributed by atoms with Gasteiger partial charge in [0.05, 0.1) is 17.7 Å². The molecule has 0 saturated heterocycles. The standard InChI is InChI=1S/C16H12NO2/c18-15-13-8-4-5-9-14(13)16(19)17(15)11-10-12-6-2-1-3-7-12/h1-9,11H,10H2. The lowest BCUT2D eigenvalue weighted by Crippen LogP contribution is -2.27. The molecule has 0 spiro atoms. The third kappa shape index (κ3) is 2.03. The molecule has 3 rings (SSSR count). The summed E-state index contributed by atoms with van der Waals surface area (Å²) in [5.74, 6) is -0.479.